The third kappa shape index (κ3) is 4.40. The van der Waals surface area contributed by atoms with E-state index >= 15 is 0 Å². The summed E-state index contributed by atoms with van der Waals surface area (Å²) in [5.74, 6) is 0. The fourth-order valence-electron chi connectivity index (χ4n) is 2.23. The van der Waals surface area contributed by atoms with Crippen LogP contribution in [0, 0.1) is 0 Å². The van der Waals surface area contributed by atoms with Crippen molar-refractivity contribution < 1.29 is 9.84 Å². The molecule has 2 aliphatic carbocycles. The molecule has 3 nitrogen and oxygen atoms in total. The largest absolute Gasteiger partial charge is 0.386 e. The maximum Gasteiger partial charge on any atom is 0.0975 e. The fraction of sp³-hybridized carbons (Fsp3) is 1.00. The highest BCUT2D eigenvalue weighted by atomic mass is 16.5. The summed E-state index contributed by atoms with van der Waals surface area (Å²) in [5.41, 5.74) is -0.708. The highest BCUT2D eigenvalue weighted by Gasteiger charge is 2.27. The van der Waals surface area contributed by atoms with Crippen molar-refractivity contribution in [2.24, 2.45) is 0 Å². The van der Waals surface area contributed by atoms with E-state index in [4.69, 9.17) is 4.74 Å². The number of hydrogen-bond acceptors (Lipinski definition) is 3. The number of ether oxygens (including phenoxy) is 1. The zero-order valence-electron chi connectivity index (χ0n) is 10.4. The van der Waals surface area contributed by atoms with Crippen LogP contribution >= 0.6 is 0 Å². The van der Waals surface area contributed by atoms with Gasteiger partial charge in [-0.15, -0.1) is 0 Å². The summed E-state index contributed by atoms with van der Waals surface area (Å²) in [5, 5.41) is 13.5. The third-order valence-electron chi connectivity index (χ3n) is 3.53. The van der Waals surface area contributed by atoms with Crippen LogP contribution in [0.4, 0.5) is 0 Å². The predicted octanol–water partition coefficient (Wildman–Crippen LogP) is 1.84. The lowest BCUT2D eigenvalue weighted by Crippen LogP contribution is -2.43. The Labute approximate surface area is 98.6 Å². The lowest BCUT2D eigenvalue weighted by atomic mass is 9.97. The van der Waals surface area contributed by atoms with E-state index in [2.05, 4.69) is 5.32 Å². The molecule has 0 spiro atoms. The molecule has 3 heteroatoms. The third-order valence-corrected chi connectivity index (χ3v) is 3.53. The van der Waals surface area contributed by atoms with Gasteiger partial charge in [0, 0.05) is 12.6 Å². The van der Waals surface area contributed by atoms with Crippen LogP contribution in [0.2, 0.25) is 0 Å². The second-order valence-electron chi connectivity index (χ2n) is 5.72. The second-order valence-corrected chi connectivity index (χ2v) is 5.72. The molecular weight excluding hydrogens is 202 g/mol. The van der Waals surface area contributed by atoms with Crippen LogP contribution in [0.3, 0.4) is 0 Å². The van der Waals surface area contributed by atoms with Gasteiger partial charge < -0.3 is 15.2 Å². The molecule has 0 amide bonds. The average Bonchev–Trinajstić information content (AvgIpc) is 3.09. The van der Waals surface area contributed by atoms with Gasteiger partial charge in [-0.3, -0.25) is 0 Å². The first kappa shape index (κ1) is 12.3. The summed E-state index contributed by atoms with van der Waals surface area (Å²) in [6.07, 6.45) is 9.18. The van der Waals surface area contributed by atoms with Crippen molar-refractivity contribution in [2.45, 2.75) is 69.6 Å². The van der Waals surface area contributed by atoms with Crippen molar-refractivity contribution in [3.05, 3.63) is 0 Å². The van der Waals surface area contributed by atoms with Crippen LogP contribution in [-0.2, 0) is 4.74 Å². The van der Waals surface area contributed by atoms with Crippen LogP contribution in [0.25, 0.3) is 0 Å². The van der Waals surface area contributed by atoms with Crippen LogP contribution in [0.1, 0.15) is 51.9 Å². The molecule has 1 unspecified atom stereocenters. The summed E-state index contributed by atoms with van der Waals surface area (Å²) >= 11 is 0. The number of rotatable bonds is 6. The SMILES string of the molecule is CC(O)(CNC1CC1)COC1CCCCC1. The summed E-state index contributed by atoms with van der Waals surface area (Å²) in [7, 11) is 0. The molecule has 0 saturated heterocycles. The quantitative estimate of drug-likeness (QED) is 0.727. The van der Waals surface area contributed by atoms with Crippen LogP contribution < -0.4 is 5.32 Å². The molecule has 1 atom stereocenters. The minimum Gasteiger partial charge on any atom is -0.386 e. The molecule has 0 heterocycles. The molecule has 2 aliphatic rings. The first-order chi connectivity index (χ1) is 7.66. The smallest absolute Gasteiger partial charge is 0.0975 e. The molecule has 0 bridgehead atoms. The van der Waals surface area contributed by atoms with E-state index in [9.17, 15) is 5.11 Å². The topological polar surface area (TPSA) is 41.5 Å². The Bertz CT molecular complexity index is 208. The Morgan fingerprint density at radius 1 is 1.19 bits per heavy atom. The van der Waals surface area contributed by atoms with Gasteiger partial charge in [0.25, 0.3) is 0 Å². The van der Waals surface area contributed by atoms with Gasteiger partial charge in [-0.2, -0.15) is 0 Å². The first-order valence-electron chi connectivity index (χ1n) is 6.73. The van der Waals surface area contributed by atoms with E-state index in [1.165, 1.54) is 44.9 Å². The van der Waals surface area contributed by atoms with Gasteiger partial charge in [-0.1, -0.05) is 19.3 Å². The van der Waals surface area contributed by atoms with E-state index in [-0.39, 0.29) is 0 Å². The van der Waals surface area contributed by atoms with E-state index in [1.807, 2.05) is 6.92 Å². The van der Waals surface area contributed by atoms with Crippen molar-refractivity contribution in [1.29, 1.82) is 0 Å². The summed E-state index contributed by atoms with van der Waals surface area (Å²) in [6, 6.07) is 0.654. The highest BCUT2D eigenvalue weighted by Crippen LogP contribution is 2.22. The summed E-state index contributed by atoms with van der Waals surface area (Å²) in [4.78, 5) is 0. The molecule has 0 radical (unpaired) electrons. The summed E-state index contributed by atoms with van der Waals surface area (Å²) in [6.45, 7) is 2.99. The van der Waals surface area contributed by atoms with Crippen LogP contribution in [-0.4, -0.2) is 36.0 Å². The molecule has 0 aliphatic heterocycles. The molecular formula is C13H25NO2. The normalized spacial score (nSPS) is 26.6. The highest BCUT2D eigenvalue weighted by molar-refractivity contribution is 4.85. The molecule has 2 fully saturated rings. The van der Waals surface area contributed by atoms with Gasteiger partial charge in [-0.25, -0.2) is 0 Å². The van der Waals surface area contributed by atoms with E-state index < -0.39 is 5.60 Å². The number of hydrogen-bond donors (Lipinski definition) is 2. The molecule has 2 N–H and O–H groups in total. The predicted molar refractivity (Wildman–Crippen MR) is 64.5 cm³/mol. The maximum absolute atomic E-state index is 10.1. The van der Waals surface area contributed by atoms with Crippen molar-refractivity contribution in [3.8, 4) is 0 Å². The second kappa shape index (κ2) is 5.48. The monoisotopic (exact) mass is 227 g/mol. The van der Waals surface area contributed by atoms with Gasteiger partial charge in [0.15, 0.2) is 0 Å². The van der Waals surface area contributed by atoms with Crippen molar-refractivity contribution >= 4 is 0 Å². The standard InChI is InChI=1S/C13H25NO2/c1-13(15,9-14-11-7-8-11)10-16-12-5-3-2-4-6-12/h11-12,14-15H,2-10H2,1H3. The van der Waals surface area contributed by atoms with Crippen molar-refractivity contribution in [1.82, 2.24) is 5.32 Å². The van der Waals surface area contributed by atoms with E-state index in [1.54, 1.807) is 0 Å². The maximum atomic E-state index is 10.1. The van der Waals surface area contributed by atoms with Gasteiger partial charge in [-0.05, 0) is 32.6 Å². The van der Waals surface area contributed by atoms with Crippen molar-refractivity contribution in [3.63, 3.8) is 0 Å². The Morgan fingerprint density at radius 3 is 2.50 bits per heavy atom. The molecule has 2 saturated carbocycles. The summed E-state index contributed by atoms with van der Waals surface area (Å²) < 4.78 is 5.81. The Balaban J connectivity index is 1.61. The lowest BCUT2D eigenvalue weighted by molar-refractivity contribution is -0.0703. The lowest BCUT2D eigenvalue weighted by Gasteiger charge is -2.28. The Hall–Kier alpha value is -0.120. The molecule has 2 rings (SSSR count). The van der Waals surface area contributed by atoms with Crippen LogP contribution in [0.5, 0.6) is 0 Å². The molecule has 0 aromatic heterocycles. The molecule has 16 heavy (non-hydrogen) atoms. The zero-order valence-corrected chi connectivity index (χ0v) is 10.4. The first-order valence-corrected chi connectivity index (χ1v) is 6.73. The van der Waals surface area contributed by atoms with E-state index in [0.29, 0.717) is 25.3 Å². The number of aliphatic hydroxyl groups is 1. The van der Waals surface area contributed by atoms with Gasteiger partial charge in [0.1, 0.15) is 0 Å². The molecule has 0 aromatic rings. The minimum atomic E-state index is -0.708. The van der Waals surface area contributed by atoms with Gasteiger partial charge in [0.2, 0.25) is 0 Å². The fourth-order valence-corrected chi connectivity index (χ4v) is 2.23. The molecule has 0 aromatic carbocycles. The van der Waals surface area contributed by atoms with Gasteiger partial charge in [0.05, 0.1) is 18.3 Å². The van der Waals surface area contributed by atoms with Gasteiger partial charge >= 0.3 is 0 Å². The Morgan fingerprint density at radius 2 is 1.88 bits per heavy atom. The Kier molecular flexibility index (Phi) is 4.22. The minimum absolute atomic E-state index is 0.390. The average molecular weight is 227 g/mol. The molecule has 94 valence electrons. The zero-order chi connectivity index (χ0) is 11.4. The van der Waals surface area contributed by atoms with Crippen LogP contribution in [0.15, 0.2) is 0 Å². The van der Waals surface area contributed by atoms with Crippen molar-refractivity contribution in [2.75, 3.05) is 13.2 Å². The van der Waals surface area contributed by atoms with E-state index in [0.717, 1.165) is 0 Å². The number of nitrogens with one attached hydrogen (secondary N) is 1.